The molecule has 0 aromatic heterocycles. The van der Waals surface area contributed by atoms with Crippen LogP contribution in [0.15, 0.2) is 0 Å². The van der Waals surface area contributed by atoms with Crippen molar-refractivity contribution >= 4 is 15.7 Å². The van der Waals surface area contributed by atoms with Crippen LogP contribution in [0.4, 0.5) is 0 Å². The molecule has 0 bridgehead atoms. The minimum absolute atomic E-state index is 0. The summed E-state index contributed by atoms with van der Waals surface area (Å²) in [5, 5.41) is 8.94. The largest absolute Gasteiger partial charge is 1.00 e. The average Bonchev–Trinajstić information content (AvgIpc) is 1.31. The van der Waals surface area contributed by atoms with Crippen LogP contribution in [-0.2, 0) is 0 Å². The first-order valence-electron chi connectivity index (χ1n) is 2.44. The highest BCUT2D eigenvalue weighted by Crippen LogP contribution is 2.50. The summed E-state index contributed by atoms with van der Waals surface area (Å²) in [7, 11) is -0.932. The molecule has 1 unspecified atom stereocenters. The SMILES string of the molecule is CC(O)[P+](C)(C)C.[B-]. The third-order valence-corrected chi connectivity index (χ3v) is 3.36. The van der Waals surface area contributed by atoms with Crippen molar-refractivity contribution < 1.29 is 5.11 Å². The molecule has 0 saturated heterocycles. The van der Waals surface area contributed by atoms with Gasteiger partial charge in [-0.3, -0.25) is 0 Å². The molecular weight excluding hydrogens is 118 g/mol. The van der Waals surface area contributed by atoms with Crippen molar-refractivity contribution in [2.45, 2.75) is 12.8 Å². The van der Waals surface area contributed by atoms with Crippen LogP contribution in [0.5, 0.6) is 0 Å². The van der Waals surface area contributed by atoms with E-state index in [1.54, 1.807) is 0 Å². The normalized spacial score (nSPS) is 14.6. The Morgan fingerprint density at radius 1 is 1.25 bits per heavy atom. The first-order valence-corrected chi connectivity index (χ1v) is 5.64. The van der Waals surface area contributed by atoms with E-state index >= 15 is 0 Å². The molecule has 3 heteroatoms. The van der Waals surface area contributed by atoms with Gasteiger partial charge in [0.25, 0.3) is 0 Å². The molecule has 0 heterocycles. The van der Waals surface area contributed by atoms with Crippen molar-refractivity contribution in [3.05, 3.63) is 0 Å². The molecule has 1 atom stereocenters. The second kappa shape index (κ2) is 3.47. The third kappa shape index (κ3) is 4.61. The Hall–Kier alpha value is 0.455. The average molecular weight is 132 g/mol. The summed E-state index contributed by atoms with van der Waals surface area (Å²) in [5.74, 6) is -0.0903. The number of aliphatic hydroxyl groups is 1. The highest BCUT2D eigenvalue weighted by Gasteiger charge is 2.23. The van der Waals surface area contributed by atoms with E-state index < -0.39 is 7.26 Å². The van der Waals surface area contributed by atoms with Crippen LogP contribution in [0.3, 0.4) is 0 Å². The van der Waals surface area contributed by atoms with Crippen molar-refractivity contribution in [1.82, 2.24) is 0 Å². The third-order valence-electron chi connectivity index (χ3n) is 1.12. The van der Waals surface area contributed by atoms with Gasteiger partial charge in [-0.25, -0.2) is 0 Å². The zero-order chi connectivity index (χ0) is 6.08. The lowest BCUT2D eigenvalue weighted by Gasteiger charge is -2.13. The number of hydrogen-bond donors (Lipinski definition) is 1. The summed E-state index contributed by atoms with van der Waals surface area (Å²) < 4.78 is 0. The second-order valence-corrected chi connectivity index (χ2v) is 7.73. The van der Waals surface area contributed by atoms with Crippen LogP contribution in [-0.4, -0.2) is 39.4 Å². The van der Waals surface area contributed by atoms with E-state index in [0.717, 1.165) is 0 Å². The molecule has 0 aliphatic rings. The summed E-state index contributed by atoms with van der Waals surface area (Å²) in [6, 6.07) is 0. The maximum Gasteiger partial charge on any atom is 0.160 e. The van der Waals surface area contributed by atoms with Gasteiger partial charge >= 0.3 is 0 Å². The summed E-state index contributed by atoms with van der Waals surface area (Å²) >= 11 is 0. The fourth-order valence-corrected chi connectivity index (χ4v) is 0. The minimum atomic E-state index is -0.932. The van der Waals surface area contributed by atoms with Crippen LogP contribution in [0.2, 0.25) is 0 Å². The lowest BCUT2D eigenvalue weighted by Crippen LogP contribution is -2.03. The Morgan fingerprint density at radius 3 is 1.38 bits per heavy atom. The van der Waals surface area contributed by atoms with E-state index in [0.29, 0.717) is 0 Å². The van der Waals surface area contributed by atoms with Crippen LogP contribution >= 0.6 is 7.26 Å². The number of aliphatic hydroxyl groups excluding tert-OH is 1. The lowest BCUT2D eigenvalue weighted by molar-refractivity contribution is 0.276. The molecule has 0 fully saturated rings. The molecule has 4 radical (unpaired) electrons. The van der Waals surface area contributed by atoms with Crippen molar-refractivity contribution in [2.75, 3.05) is 20.0 Å². The van der Waals surface area contributed by atoms with Crippen LogP contribution in [0.1, 0.15) is 6.92 Å². The van der Waals surface area contributed by atoms with Gasteiger partial charge in [-0.1, -0.05) is 0 Å². The van der Waals surface area contributed by atoms with Crippen molar-refractivity contribution in [2.24, 2.45) is 0 Å². The van der Waals surface area contributed by atoms with E-state index in [1.165, 1.54) is 0 Å². The Labute approximate surface area is 54.4 Å². The van der Waals surface area contributed by atoms with Gasteiger partial charge in [-0.05, 0) is 6.92 Å². The van der Waals surface area contributed by atoms with Crippen molar-refractivity contribution in [1.29, 1.82) is 0 Å². The highest BCUT2D eigenvalue weighted by molar-refractivity contribution is 7.74. The Balaban J connectivity index is 0. The zero-order valence-corrected chi connectivity index (χ0v) is 6.94. The van der Waals surface area contributed by atoms with E-state index in [1.807, 2.05) is 6.92 Å². The van der Waals surface area contributed by atoms with Gasteiger partial charge in [0.2, 0.25) is 0 Å². The van der Waals surface area contributed by atoms with E-state index in [2.05, 4.69) is 20.0 Å². The van der Waals surface area contributed by atoms with E-state index in [4.69, 9.17) is 5.11 Å². The molecule has 48 valence electrons. The monoisotopic (exact) mass is 132 g/mol. The van der Waals surface area contributed by atoms with Gasteiger partial charge in [0.05, 0.1) is 20.0 Å². The number of rotatable bonds is 1. The first kappa shape index (κ1) is 11.3. The van der Waals surface area contributed by atoms with Gasteiger partial charge in [0.15, 0.2) is 5.85 Å². The van der Waals surface area contributed by atoms with E-state index in [-0.39, 0.29) is 14.3 Å². The molecule has 1 nitrogen and oxygen atoms in total. The summed E-state index contributed by atoms with van der Waals surface area (Å²) in [4.78, 5) is 0. The Morgan fingerprint density at radius 2 is 1.38 bits per heavy atom. The van der Waals surface area contributed by atoms with E-state index in [9.17, 15) is 0 Å². The lowest BCUT2D eigenvalue weighted by atomic mass is 10.8. The molecule has 0 aliphatic heterocycles. The standard InChI is InChI=1S/C5H14OP.B/c1-5(6)7(2,3)4;/h5-6H,1-4H3;/q+1;-1. The Bertz CT molecular complexity index is 57.9. The van der Waals surface area contributed by atoms with Crippen LogP contribution in [0.25, 0.3) is 0 Å². The molecule has 0 aromatic carbocycles. The molecule has 1 N–H and O–H groups in total. The van der Waals surface area contributed by atoms with Crippen LogP contribution in [0, 0.1) is 0 Å². The fraction of sp³-hybridized carbons (Fsp3) is 1.00. The maximum atomic E-state index is 8.94. The second-order valence-electron chi connectivity index (χ2n) is 2.75. The van der Waals surface area contributed by atoms with Crippen LogP contribution < -0.4 is 0 Å². The summed E-state index contributed by atoms with van der Waals surface area (Å²) in [6.07, 6.45) is 0. The van der Waals surface area contributed by atoms with Gasteiger partial charge in [0.1, 0.15) is 0 Å². The molecule has 0 aliphatic carbocycles. The molecule has 0 aromatic rings. The van der Waals surface area contributed by atoms with Crippen molar-refractivity contribution in [3.8, 4) is 0 Å². The van der Waals surface area contributed by atoms with Gasteiger partial charge in [-0.15, -0.1) is 0 Å². The predicted octanol–water partition coefficient (Wildman–Crippen LogP) is 0.851. The smallest absolute Gasteiger partial charge is 0.160 e. The summed E-state index contributed by atoms with van der Waals surface area (Å²) in [5.41, 5.74) is 0. The summed E-state index contributed by atoms with van der Waals surface area (Å²) in [6.45, 7) is 8.22. The minimum Gasteiger partial charge on any atom is -1.00 e. The fourth-order valence-electron chi connectivity index (χ4n) is 0. The molecule has 0 rings (SSSR count). The Kier molecular flexibility index (Phi) is 4.90. The molecule has 0 spiro atoms. The quantitative estimate of drug-likeness (QED) is 0.414. The van der Waals surface area contributed by atoms with Gasteiger partial charge < -0.3 is 13.5 Å². The molecule has 0 saturated carbocycles. The number of hydrogen-bond acceptors (Lipinski definition) is 1. The van der Waals surface area contributed by atoms with Gasteiger partial charge in [0, 0.05) is 7.26 Å². The zero-order valence-electron chi connectivity index (χ0n) is 6.05. The van der Waals surface area contributed by atoms with Gasteiger partial charge in [-0.2, -0.15) is 0 Å². The highest BCUT2D eigenvalue weighted by atomic mass is 31.2. The predicted molar refractivity (Wildman–Crippen MR) is 42.1 cm³/mol. The molecule has 0 amide bonds. The topological polar surface area (TPSA) is 20.2 Å². The maximum absolute atomic E-state index is 8.94. The van der Waals surface area contributed by atoms with Crippen molar-refractivity contribution in [3.63, 3.8) is 0 Å². The molecular formula is C5H14BOP. The molecule has 8 heavy (non-hydrogen) atoms. The first-order chi connectivity index (χ1) is 2.94.